The molecule has 0 aliphatic rings. The highest BCUT2D eigenvalue weighted by Crippen LogP contribution is 2.34. The molecule has 0 aromatic heterocycles. The lowest BCUT2D eigenvalue weighted by Crippen LogP contribution is -1.79. The maximum Gasteiger partial charge on any atom is 0.168 e. The van der Waals surface area contributed by atoms with Crippen LogP contribution in [0.3, 0.4) is 0 Å². The fourth-order valence-electron chi connectivity index (χ4n) is 2.03. The van der Waals surface area contributed by atoms with Gasteiger partial charge in [-0.05, 0) is 30.7 Å². The average molecular weight is 316 g/mol. The number of phenolic OH excluding ortho intramolecular Hbond substituents is 2. The standard InChI is InChI=1S/C11H10O2.C6H6O2S/c1-7-6-10(12)8-4-2-3-5-9(8)11(7)13;7-9(8)6-4-2-1-3-5-6/h2-6,12-13H,1H3;1-5,9H. The number of rotatable bonds is 1. The van der Waals surface area contributed by atoms with E-state index in [1.54, 1.807) is 55.5 Å². The summed E-state index contributed by atoms with van der Waals surface area (Å²) in [7, 11) is -2.40. The van der Waals surface area contributed by atoms with Crippen LogP contribution in [0.15, 0.2) is 65.6 Å². The van der Waals surface area contributed by atoms with Crippen molar-refractivity contribution < 1.29 is 18.6 Å². The van der Waals surface area contributed by atoms with Gasteiger partial charge in [0.15, 0.2) is 10.7 Å². The number of thiol groups is 1. The van der Waals surface area contributed by atoms with E-state index in [2.05, 4.69) is 0 Å². The van der Waals surface area contributed by atoms with Crippen LogP contribution in [-0.4, -0.2) is 18.6 Å². The topological polar surface area (TPSA) is 74.6 Å². The Kier molecular flexibility index (Phi) is 5.01. The molecule has 0 heterocycles. The minimum Gasteiger partial charge on any atom is -0.507 e. The van der Waals surface area contributed by atoms with Gasteiger partial charge in [0, 0.05) is 10.8 Å². The molecule has 0 radical (unpaired) electrons. The summed E-state index contributed by atoms with van der Waals surface area (Å²) >= 11 is 0. The highest BCUT2D eigenvalue weighted by Gasteiger charge is 2.06. The molecule has 0 fully saturated rings. The zero-order valence-electron chi connectivity index (χ0n) is 11.9. The van der Waals surface area contributed by atoms with Gasteiger partial charge in [0.1, 0.15) is 11.5 Å². The van der Waals surface area contributed by atoms with Gasteiger partial charge >= 0.3 is 0 Å². The molecule has 3 rings (SSSR count). The molecule has 0 spiro atoms. The second-order valence-electron chi connectivity index (χ2n) is 4.70. The van der Waals surface area contributed by atoms with Crippen LogP contribution in [0.2, 0.25) is 0 Å². The van der Waals surface area contributed by atoms with Gasteiger partial charge in [0.25, 0.3) is 0 Å². The zero-order valence-corrected chi connectivity index (χ0v) is 12.8. The van der Waals surface area contributed by atoms with Crippen LogP contribution in [0.25, 0.3) is 10.8 Å². The smallest absolute Gasteiger partial charge is 0.168 e. The number of hydrogen-bond acceptors (Lipinski definition) is 4. The first-order chi connectivity index (χ1) is 10.5. The van der Waals surface area contributed by atoms with Crippen LogP contribution in [0.1, 0.15) is 5.56 Å². The van der Waals surface area contributed by atoms with E-state index in [1.807, 2.05) is 12.1 Å². The molecule has 0 saturated heterocycles. The lowest BCUT2D eigenvalue weighted by atomic mass is 10.1. The Morgan fingerprint density at radius 2 is 1.36 bits per heavy atom. The maximum absolute atomic E-state index is 10.2. The number of phenols is 2. The van der Waals surface area contributed by atoms with E-state index < -0.39 is 10.7 Å². The molecule has 0 unspecified atom stereocenters. The Bertz CT molecular complexity index is 847. The van der Waals surface area contributed by atoms with Crippen LogP contribution in [-0.2, 0) is 10.7 Å². The summed E-state index contributed by atoms with van der Waals surface area (Å²) in [6, 6.07) is 17.1. The molecule has 4 nitrogen and oxygen atoms in total. The fraction of sp³-hybridized carbons (Fsp3) is 0.0588. The predicted molar refractivity (Wildman–Crippen MR) is 87.0 cm³/mol. The zero-order chi connectivity index (χ0) is 16.1. The quantitative estimate of drug-likeness (QED) is 0.476. The van der Waals surface area contributed by atoms with Crippen molar-refractivity contribution in [2.24, 2.45) is 0 Å². The maximum atomic E-state index is 10.2. The third-order valence-electron chi connectivity index (χ3n) is 3.15. The van der Waals surface area contributed by atoms with Crippen LogP contribution in [0.5, 0.6) is 11.5 Å². The number of hydrogen-bond donors (Lipinski definition) is 3. The Labute approximate surface area is 130 Å². The van der Waals surface area contributed by atoms with Crippen molar-refractivity contribution in [1.82, 2.24) is 0 Å². The highest BCUT2D eigenvalue weighted by molar-refractivity contribution is 7.72. The highest BCUT2D eigenvalue weighted by atomic mass is 32.2. The molecule has 5 heteroatoms. The molecule has 0 aliphatic heterocycles. The summed E-state index contributed by atoms with van der Waals surface area (Å²) in [5, 5.41) is 20.6. The SMILES string of the molecule is Cc1cc(O)c2ccccc2c1O.O=[SH](=O)c1ccccc1. The summed E-state index contributed by atoms with van der Waals surface area (Å²) in [6.07, 6.45) is 0. The summed E-state index contributed by atoms with van der Waals surface area (Å²) in [4.78, 5) is 0.368. The molecule has 0 atom stereocenters. The van der Waals surface area contributed by atoms with Gasteiger partial charge < -0.3 is 10.2 Å². The summed E-state index contributed by atoms with van der Waals surface area (Å²) in [6.45, 7) is 1.77. The summed E-state index contributed by atoms with van der Waals surface area (Å²) < 4.78 is 20.5. The fourth-order valence-corrected chi connectivity index (χ4v) is 2.44. The van der Waals surface area contributed by atoms with Crippen LogP contribution >= 0.6 is 0 Å². The molecule has 114 valence electrons. The van der Waals surface area contributed by atoms with Gasteiger partial charge in [0.2, 0.25) is 0 Å². The number of aromatic hydroxyl groups is 2. The van der Waals surface area contributed by atoms with Crippen molar-refractivity contribution in [3.63, 3.8) is 0 Å². The molecule has 0 amide bonds. The molecule has 22 heavy (non-hydrogen) atoms. The minimum atomic E-state index is -2.40. The van der Waals surface area contributed by atoms with E-state index in [0.717, 1.165) is 0 Å². The second-order valence-corrected chi connectivity index (χ2v) is 5.73. The van der Waals surface area contributed by atoms with Crippen molar-refractivity contribution in [3.05, 3.63) is 66.2 Å². The van der Waals surface area contributed by atoms with Crippen molar-refractivity contribution >= 4 is 21.5 Å². The molecular weight excluding hydrogens is 300 g/mol. The lowest BCUT2D eigenvalue weighted by molar-refractivity contribution is 0.466. The number of aryl methyl sites for hydroxylation is 1. The van der Waals surface area contributed by atoms with Gasteiger partial charge in [-0.15, -0.1) is 0 Å². The predicted octanol–water partition coefficient (Wildman–Crippen LogP) is 3.22. The number of benzene rings is 3. The molecule has 0 aliphatic carbocycles. The Morgan fingerprint density at radius 3 is 1.91 bits per heavy atom. The van der Waals surface area contributed by atoms with Crippen LogP contribution in [0, 0.1) is 6.92 Å². The molecule has 0 bridgehead atoms. The van der Waals surface area contributed by atoms with Crippen molar-refractivity contribution in [3.8, 4) is 11.5 Å². The van der Waals surface area contributed by atoms with Gasteiger partial charge in [0.05, 0.1) is 4.90 Å². The van der Waals surface area contributed by atoms with Gasteiger partial charge in [-0.25, -0.2) is 8.42 Å². The van der Waals surface area contributed by atoms with Crippen LogP contribution in [0.4, 0.5) is 0 Å². The van der Waals surface area contributed by atoms with Gasteiger partial charge in [-0.1, -0.05) is 42.5 Å². The van der Waals surface area contributed by atoms with Gasteiger partial charge in [-0.2, -0.15) is 0 Å². The number of fused-ring (bicyclic) bond motifs is 1. The average Bonchev–Trinajstić information content (AvgIpc) is 2.54. The third-order valence-corrected chi connectivity index (χ3v) is 3.87. The first kappa shape index (κ1) is 15.9. The normalized spacial score (nSPS) is 10.3. The van der Waals surface area contributed by atoms with Gasteiger partial charge in [-0.3, -0.25) is 0 Å². The lowest BCUT2D eigenvalue weighted by Gasteiger charge is -2.05. The molecule has 2 N–H and O–H groups in total. The van der Waals surface area contributed by atoms with Crippen molar-refractivity contribution in [1.29, 1.82) is 0 Å². The van der Waals surface area contributed by atoms with Crippen molar-refractivity contribution in [2.45, 2.75) is 11.8 Å². The van der Waals surface area contributed by atoms with E-state index in [-0.39, 0.29) is 11.5 Å². The Hall–Kier alpha value is -2.53. The summed E-state index contributed by atoms with van der Waals surface area (Å²) in [5.41, 5.74) is 0.691. The first-order valence-electron chi connectivity index (χ1n) is 6.60. The van der Waals surface area contributed by atoms with Crippen LogP contribution < -0.4 is 0 Å². The van der Waals surface area contributed by atoms with E-state index in [9.17, 15) is 18.6 Å². The first-order valence-corrected chi connectivity index (χ1v) is 7.78. The molecule has 0 saturated carbocycles. The Balaban J connectivity index is 0.000000172. The van der Waals surface area contributed by atoms with Crippen molar-refractivity contribution in [2.75, 3.05) is 0 Å². The molecule has 3 aromatic rings. The Morgan fingerprint density at radius 1 is 0.818 bits per heavy atom. The monoisotopic (exact) mass is 316 g/mol. The molecular formula is C17H16O4S. The second kappa shape index (κ2) is 6.95. The van der Waals surface area contributed by atoms with E-state index in [4.69, 9.17) is 0 Å². The molecule has 3 aromatic carbocycles. The summed E-state index contributed by atoms with van der Waals surface area (Å²) in [5.74, 6) is 0.458. The van der Waals surface area contributed by atoms with E-state index in [0.29, 0.717) is 21.2 Å². The van der Waals surface area contributed by atoms with E-state index in [1.165, 1.54) is 0 Å². The van der Waals surface area contributed by atoms with E-state index >= 15 is 0 Å². The minimum absolute atomic E-state index is 0.214. The largest absolute Gasteiger partial charge is 0.507 e. The third kappa shape index (κ3) is 3.56.